The van der Waals surface area contributed by atoms with E-state index in [1.807, 2.05) is 61.5 Å². The van der Waals surface area contributed by atoms with Crippen LogP contribution < -0.4 is 15.4 Å². The van der Waals surface area contributed by atoms with E-state index in [2.05, 4.69) is 15.6 Å². The Morgan fingerprint density at radius 3 is 2.55 bits per heavy atom. The minimum atomic E-state index is -1.02. The molecule has 0 heterocycles. The molecule has 6 nitrogen and oxygen atoms in total. The SMILES string of the molecule is CCNC(=NCC(C)(O)c1ccccc1)NCCOCc1cccc(OC)c1.I. The molecule has 0 aliphatic heterocycles. The monoisotopic (exact) mass is 513 g/mol. The van der Waals surface area contributed by atoms with E-state index in [0.717, 1.165) is 23.4 Å². The van der Waals surface area contributed by atoms with Gasteiger partial charge in [-0.3, -0.25) is 0 Å². The lowest BCUT2D eigenvalue weighted by Crippen LogP contribution is -2.40. The third kappa shape index (κ3) is 9.01. The summed E-state index contributed by atoms with van der Waals surface area (Å²) in [7, 11) is 1.65. The van der Waals surface area contributed by atoms with Gasteiger partial charge in [0.05, 0.1) is 26.9 Å². The normalized spacial score (nSPS) is 13.2. The second-order valence-corrected chi connectivity index (χ2v) is 6.67. The molecule has 29 heavy (non-hydrogen) atoms. The van der Waals surface area contributed by atoms with Crippen molar-refractivity contribution in [3.63, 3.8) is 0 Å². The highest BCUT2D eigenvalue weighted by Crippen LogP contribution is 2.20. The zero-order chi connectivity index (χ0) is 20.2. The maximum atomic E-state index is 10.7. The highest BCUT2D eigenvalue weighted by atomic mass is 127. The quantitative estimate of drug-likeness (QED) is 0.197. The maximum Gasteiger partial charge on any atom is 0.191 e. The molecule has 0 aliphatic rings. The summed E-state index contributed by atoms with van der Waals surface area (Å²) >= 11 is 0. The molecule has 160 valence electrons. The number of guanidine groups is 1. The Morgan fingerprint density at radius 2 is 1.86 bits per heavy atom. The predicted octanol–water partition coefficient (Wildman–Crippen LogP) is 3.29. The second kappa shape index (κ2) is 13.4. The molecule has 2 aromatic carbocycles. The van der Waals surface area contributed by atoms with Gasteiger partial charge < -0.3 is 25.2 Å². The van der Waals surface area contributed by atoms with Crippen LogP contribution in [0.2, 0.25) is 0 Å². The molecular formula is C22H32IN3O3. The van der Waals surface area contributed by atoms with Gasteiger partial charge in [-0.25, -0.2) is 4.99 Å². The number of nitrogens with zero attached hydrogens (tertiary/aromatic N) is 1. The largest absolute Gasteiger partial charge is 0.497 e. The minimum absolute atomic E-state index is 0. The standard InChI is InChI=1S/C22H31N3O3.HI/c1-4-23-21(25-17-22(2,26)19-10-6-5-7-11-19)24-13-14-28-16-18-9-8-12-20(15-18)27-3;/h5-12,15,26H,4,13-14,16-17H2,1-3H3,(H2,23,24,25);1H. The van der Waals surface area contributed by atoms with Gasteiger partial charge in [0.15, 0.2) is 5.96 Å². The topological polar surface area (TPSA) is 75.1 Å². The fourth-order valence-corrected chi connectivity index (χ4v) is 2.66. The molecule has 2 aromatic rings. The van der Waals surface area contributed by atoms with E-state index in [1.165, 1.54) is 0 Å². The predicted molar refractivity (Wildman–Crippen MR) is 128 cm³/mol. The van der Waals surface area contributed by atoms with E-state index in [0.29, 0.717) is 25.7 Å². The van der Waals surface area contributed by atoms with Crippen LogP contribution in [-0.4, -0.2) is 44.4 Å². The summed E-state index contributed by atoms with van der Waals surface area (Å²) in [5, 5.41) is 17.1. The van der Waals surface area contributed by atoms with Crippen LogP contribution in [0.15, 0.2) is 59.6 Å². The van der Waals surface area contributed by atoms with Crippen molar-refractivity contribution < 1.29 is 14.6 Å². The van der Waals surface area contributed by atoms with E-state index in [-0.39, 0.29) is 30.5 Å². The zero-order valence-corrected chi connectivity index (χ0v) is 19.7. The molecule has 0 fully saturated rings. The van der Waals surface area contributed by atoms with Gasteiger partial charge in [-0.05, 0) is 37.1 Å². The zero-order valence-electron chi connectivity index (χ0n) is 17.4. The van der Waals surface area contributed by atoms with Crippen LogP contribution in [0.1, 0.15) is 25.0 Å². The molecule has 7 heteroatoms. The Hall–Kier alpha value is -1.84. The summed E-state index contributed by atoms with van der Waals surface area (Å²) in [5.74, 6) is 1.48. The number of ether oxygens (including phenoxy) is 2. The molecule has 0 radical (unpaired) electrons. The minimum Gasteiger partial charge on any atom is -0.497 e. The van der Waals surface area contributed by atoms with E-state index in [9.17, 15) is 5.11 Å². The highest BCUT2D eigenvalue weighted by Gasteiger charge is 2.22. The molecule has 0 saturated carbocycles. The van der Waals surface area contributed by atoms with E-state index >= 15 is 0 Å². The first-order valence-electron chi connectivity index (χ1n) is 9.56. The van der Waals surface area contributed by atoms with Crippen molar-refractivity contribution in [3.05, 3.63) is 65.7 Å². The Morgan fingerprint density at radius 1 is 1.10 bits per heavy atom. The molecule has 0 spiro atoms. The van der Waals surface area contributed by atoms with Crippen molar-refractivity contribution in [2.75, 3.05) is 33.4 Å². The number of methoxy groups -OCH3 is 1. The molecule has 0 bridgehead atoms. The summed E-state index contributed by atoms with van der Waals surface area (Å²) in [6.45, 7) is 6.45. The first kappa shape index (κ1) is 25.2. The van der Waals surface area contributed by atoms with E-state index < -0.39 is 5.60 Å². The average molecular weight is 513 g/mol. The summed E-state index contributed by atoms with van der Waals surface area (Å²) in [6.07, 6.45) is 0. The Labute approximate surface area is 190 Å². The number of halogens is 1. The molecule has 0 amide bonds. The lowest BCUT2D eigenvalue weighted by Gasteiger charge is -2.22. The number of hydrogen-bond acceptors (Lipinski definition) is 4. The van der Waals surface area contributed by atoms with Crippen molar-refractivity contribution in [1.29, 1.82) is 0 Å². The Bertz CT molecular complexity index is 739. The summed E-state index contributed by atoms with van der Waals surface area (Å²) < 4.78 is 10.9. The van der Waals surface area contributed by atoms with Crippen LogP contribution in [0.3, 0.4) is 0 Å². The van der Waals surface area contributed by atoms with Crippen LogP contribution in [0.5, 0.6) is 5.75 Å². The van der Waals surface area contributed by atoms with Crippen LogP contribution >= 0.6 is 24.0 Å². The highest BCUT2D eigenvalue weighted by molar-refractivity contribution is 14.0. The van der Waals surface area contributed by atoms with Gasteiger partial charge in [0.2, 0.25) is 0 Å². The van der Waals surface area contributed by atoms with Gasteiger partial charge in [0.25, 0.3) is 0 Å². The molecule has 0 aromatic heterocycles. The lowest BCUT2D eigenvalue weighted by atomic mass is 9.96. The lowest BCUT2D eigenvalue weighted by molar-refractivity contribution is 0.0672. The van der Waals surface area contributed by atoms with Gasteiger partial charge in [-0.1, -0.05) is 42.5 Å². The van der Waals surface area contributed by atoms with Gasteiger partial charge in [-0.2, -0.15) is 0 Å². The number of benzene rings is 2. The third-order valence-electron chi connectivity index (χ3n) is 4.23. The smallest absolute Gasteiger partial charge is 0.191 e. The number of nitrogens with one attached hydrogen (secondary N) is 2. The first-order valence-corrected chi connectivity index (χ1v) is 9.56. The molecule has 0 saturated heterocycles. The Balaban J connectivity index is 0.00000420. The first-order chi connectivity index (χ1) is 13.5. The molecule has 3 N–H and O–H groups in total. The van der Waals surface area contributed by atoms with Crippen molar-refractivity contribution in [3.8, 4) is 5.75 Å². The Kier molecular flexibility index (Phi) is 11.6. The van der Waals surface area contributed by atoms with Crippen LogP contribution in [-0.2, 0) is 16.9 Å². The van der Waals surface area contributed by atoms with E-state index in [1.54, 1.807) is 14.0 Å². The number of rotatable bonds is 10. The fourth-order valence-electron chi connectivity index (χ4n) is 2.66. The second-order valence-electron chi connectivity index (χ2n) is 6.67. The summed E-state index contributed by atoms with van der Waals surface area (Å²) in [4.78, 5) is 4.51. The van der Waals surface area contributed by atoms with Gasteiger partial charge in [-0.15, -0.1) is 24.0 Å². The van der Waals surface area contributed by atoms with E-state index in [4.69, 9.17) is 9.47 Å². The number of aliphatic hydroxyl groups is 1. The maximum absolute atomic E-state index is 10.7. The van der Waals surface area contributed by atoms with Crippen molar-refractivity contribution in [1.82, 2.24) is 10.6 Å². The molecule has 1 atom stereocenters. The van der Waals surface area contributed by atoms with Crippen molar-refractivity contribution in [2.45, 2.75) is 26.1 Å². The van der Waals surface area contributed by atoms with Crippen molar-refractivity contribution >= 4 is 29.9 Å². The van der Waals surface area contributed by atoms with Crippen LogP contribution in [0.4, 0.5) is 0 Å². The van der Waals surface area contributed by atoms with Crippen LogP contribution in [0.25, 0.3) is 0 Å². The van der Waals surface area contributed by atoms with Crippen molar-refractivity contribution in [2.24, 2.45) is 4.99 Å². The van der Waals surface area contributed by atoms with Gasteiger partial charge in [0.1, 0.15) is 11.4 Å². The molecular weight excluding hydrogens is 481 g/mol. The molecule has 0 aliphatic carbocycles. The summed E-state index contributed by atoms with van der Waals surface area (Å²) in [6, 6.07) is 17.4. The van der Waals surface area contributed by atoms with Gasteiger partial charge in [0, 0.05) is 13.1 Å². The van der Waals surface area contributed by atoms with Gasteiger partial charge >= 0.3 is 0 Å². The average Bonchev–Trinajstić information content (AvgIpc) is 2.72. The molecule has 2 rings (SSSR count). The summed E-state index contributed by atoms with van der Waals surface area (Å²) in [5.41, 5.74) is 0.891. The van der Waals surface area contributed by atoms with Crippen LogP contribution in [0, 0.1) is 0 Å². The third-order valence-corrected chi connectivity index (χ3v) is 4.23. The number of aliphatic imine (C=N–C) groups is 1. The molecule has 1 unspecified atom stereocenters. The number of hydrogen-bond donors (Lipinski definition) is 3. The fraction of sp³-hybridized carbons (Fsp3) is 0.409.